The molecule has 2 aliphatic rings. The van der Waals surface area contributed by atoms with Gasteiger partial charge in [-0.2, -0.15) is 0 Å². The molecule has 0 N–H and O–H groups in total. The van der Waals surface area contributed by atoms with E-state index in [1.54, 1.807) is 0 Å². The lowest BCUT2D eigenvalue weighted by Crippen LogP contribution is -2.48. The molecule has 2 aliphatic heterocycles. The zero-order valence-corrected chi connectivity index (χ0v) is 12.0. The van der Waals surface area contributed by atoms with Crippen molar-refractivity contribution >= 4 is 5.91 Å². The van der Waals surface area contributed by atoms with E-state index in [0.717, 1.165) is 31.2 Å². The Hall–Kier alpha value is -1.29. The van der Waals surface area contributed by atoms with Crippen LogP contribution in [-0.2, 0) is 0 Å². The third-order valence-corrected chi connectivity index (χ3v) is 4.53. The molecule has 1 aromatic rings. The molecule has 19 heavy (non-hydrogen) atoms. The molecule has 1 amide bonds. The molecule has 104 valence electrons. The van der Waals surface area contributed by atoms with Crippen molar-refractivity contribution in [2.24, 2.45) is 5.92 Å². The fourth-order valence-corrected chi connectivity index (χ4v) is 3.32. The lowest BCUT2D eigenvalue weighted by Gasteiger charge is -2.35. The van der Waals surface area contributed by atoms with E-state index in [9.17, 15) is 4.79 Å². The number of fused-ring (bicyclic) bond motifs is 3. The maximum atomic E-state index is 12.3. The second kappa shape index (κ2) is 4.67. The first-order valence-electron chi connectivity index (χ1n) is 7.24. The monoisotopic (exact) mass is 261 g/mol. The molecular formula is C15H23N3O. The van der Waals surface area contributed by atoms with Crippen LogP contribution in [0.2, 0.25) is 0 Å². The predicted octanol–water partition coefficient (Wildman–Crippen LogP) is 1.85. The van der Waals surface area contributed by atoms with Gasteiger partial charge in [0.25, 0.3) is 5.91 Å². The molecule has 3 heterocycles. The largest absolute Gasteiger partial charge is 0.337 e. The van der Waals surface area contributed by atoms with Gasteiger partial charge in [0, 0.05) is 26.3 Å². The number of nitrogens with zero attached hydrogens (tertiary/aromatic N) is 3. The van der Waals surface area contributed by atoms with E-state index in [4.69, 9.17) is 0 Å². The van der Waals surface area contributed by atoms with E-state index in [-0.39, 0.29) is 5.91 Å². The van der Waals surface area contributed by atoms with Crippen LogP contribution in [-0.4, -0.2) is 53.0 Å². The normalized spacial score (nSPS) is 26.9. The molecule has 0 spiro atoms. The Morgan fingerprint density at radius 2 is 2.05 bits per heavy atom. The highest BCUT2D eigenvalue weighted by Gasteiger charge is 2.43. The van der Waals surface area contributed by atoms with E-state index in [1.165, 1.54) is 6.42 Å². The Morgan fingerprint density at radius 3 is 2.79 bits per heavy atom. The SMILES string of the molecule is CC(C)CCN1C[C@@H]2[C@H](C1)N(C)C(=O)c1cccn12. The smallest absolute Gasteiger partial charge is 0.270 e. The predicted molar refractivity (Wildman–Crippen MR) is 75.2 cm³/mol. The van der Waals surface area contributed by atoms with Crippen molar-refractivity contribution in [1.29, 1.82) is 0 Å². The van der Waals surface area contributed by atoms with E-state index in [2.05, 4.69) is 29.5 Å². The standard InChI is InChI=1S/C15H23N3O/c1-11(2)6-8-17-9-13-14(10-17)18-7-4-5-12(18)15(19)16(13)3/h4-5,7,11,13-14H,6,8-10H2,1-3H3/t13-,14+/m0/s1. The molecule has 0 bridgehead atoms. The first-order valence-corrected chi connectivity index (χ1v) is 7.24. The van der Waals surface area contributed by atoms with Gasteiger partial charge in [-0.3, -0.25) is 9.69 Å². The number of hydrogen-bond acceptors (Lipinski definition) is 2. The van der Waals surface area contributed by atoms with E-state index < -0.39 is 0 Å². The summed E-state index contributed by atoms with van der Waals surface area (Å²) in [6, 6.07) is 4.69. The first-order chi connectivity index (χ1) is 9.08. The molecule has 0 saturated carbocycles. The van der Waals surface area contributed by atoms with Crippen LogP contribution in [0.1, 0.15) is 36.8 Å². The molecule has 1 fully saturated rings. The summed E-state index contributed by atoms with van der Waals surface area (Å²) >= 11 is 0. The topological polar surface area (TPSA) is 28.5 Å². The van der Waals surface area contributed by atoms with Gasteiger partial charge in [-0.05, 0) is 31.0 Å². The van der Waals surface area contributed by atoms with Gasteiger partial charge in [0.1, 0.15) is 5.69 Å². The number of carbonyl (C=O) groups excluding carboxylic acids is 1. The van der Waals surface area contributed by atoms with Crippen molar-refractivity contribution in [2.45, 2.75) is 32.4 Å². The van der Waals surface area contributed by atoms with Gasteiger partial charge in [0.15, 0.2) is 0 Å². The van der Waals surface area contributed by atoms with Crippen molar-refractivity contribution in [3.8, 4) is 0 Å². The molecule has 3 rings (SSSR count). The van der Waals surface area contributed by atoms with Gasteiger partial charge in [-0.25, -0.2) is 0 Å². The number of rotatable bonds is 3. The molecule has 0 radical (unpaired) electrons. The van der Waals surface area contributed by atoms with Gasteiger partial charge in [-0.1, -0.05) is 13.8 Å². The number of likely N-dealkylation sites (N-methyl/N-ethyl adjacent to an activating group) is 1. The highest BCUT2D eigenvalue weighted by atomic mass is 16.2. The molecule has 4 heteroatoms. The van der Waals surface area contributed by atoms with Crippen LogP contribution in [0, 0.1) is 5.92 Å². The van der Waals surface area contributed by atoms with Crippen molar-refractivity contribution in [1.82, 2.24) is 14.4 Å². The van der Waals surface area contributed by atoms with Gasteiger partial charge in [0.2, 0.25) is 0 Å². The Labute approximate surface area is 115 Å². The Bertz CT molecular complexity index is 479. The van der Waals surface area contributed by atoms with E-state index in [0.29, 0.717) is 12.1 Å². The summed E-state index contributed by atoms with van der Waals surface area (Å²) < 4.78 is 2.18. The molecule has 2 atom stereocenters. The lowest BCUT2D eigenvalue weighted by molar-refractivity contribution is 0.0643. The summed E-state index contributed by atoms with van der Waals surface area (Å²) in [5.74, 6) is 0.904. The summed E-state index contributed by atoms with van der Waals surface area (Å²) in [5, 5.41) is 0. The number of hydrogen-bond donors (Lipinski definition) is 0. The van der Waals surface area contributed by atoms with Crippen LogP contribution in [0.3, 0.4) is 0 Å². The van der Waals surface area contributed by atoms with E-state index >= 15 is 0 Å². The molecule has 1 saturated heterocycles. The number of aromatic nitrogens is 1. The Kier molecular flexibility index (Phi) is 3.13. The van der Waals surface area contributed by atoms with Crippen LogP contribution in [0.4, 0.5) is 0 Å². The number of amides is 1. The average Bonchev–Trinajstić information content (AvgIpc) is 2.99. The van der Waals surface area contributed by atoms with Crippen LogP contribution in [0.15, 0.2) is 18.3 Å². The lowest BCUT2D eigenvalue weighted by atomic mass is 10.1. The summed E-state index contributed by atoms with van der Waals surface area (Å²) in [4.78, 5) is 16.7. The molecule has 1 aromatic heterocycles. The Morgan fingerprint density at radius 1 is 1.32 bits per heavy atom. The van der Waals surface area contributed by atoms with Crippen LogP contribution in [0.5, 0.6) is 0 Å². The van der Waals surface area contributed by atoms with Gasteiger partial charge in [-0.15, -0.1) is 0 Å². The summed E-state index contributed by atoms with van der Waals surface area (Å²) in [6.45, 7) is 7.75. The fourth-order valence-electron chi connectivity index (χ4n) is 3.32. The minimum absolute atomic E-state index is 0.164. The van der Waals surface area contributed by atoms with Gasteiger partial charge >= 0.3 is 0 Å². The highest BCUT2D eigenvalue weighted by molar-refractivity contribution is 5.93. The third kappa shape index (κ3) is 2.08. The first kappa shape index (κ1) is 12.7. The molecule has 4 nitrogen and oxygen atoms in total. The number of carbonyl (C=O) groups is 1. The maximum Gasteiger partial charge on any atom is 0.270 e. The van der Waals surface area contributed by atoms with Crippen LogP contribution >= 0.6 is 0 Å². The van der Waals surface area contributed by atoms with Crippen LogP contribution < -0.4 is 0 Å². The van der Waals surface area contributed by atoms with Crippen molar-refractivity contribution in [3.63, 3.8) is 0 Å². The average molecular weight is 261 g/mol. The fraction of sp³-hybridized carbons (Fsp3) is 0.667. The molecule has 0 unspecified atom stereocenters. The van der Waals surface area contributed by atoms with Gasteiger partial charge in [0.05, 0.1) is 12.1 Å². The zero-order valence-electron chi connectivity index (χ0n) is 12.0. The third-order valence-electron chi connectivity index (χ3n) is 4.53. The highest BCUT2D eigenvalue weighted by Crippen LogP contribution is 2.32. The molecule has 0 aliphatic carbocycles. The summed E-state index contributed by atoms with van der Waals surface area (Å²) in [5.41, 5.74) is 0.842. The quantitative estimate of drug-likeness (QED) is 0.830. The second-order valence-corrected chi connectivity index (χ2v) is 6.29. The number of likely N-dealkylation sites (tertiary alicyclic amines) is 1. The maximum absolute atomic E-state index is 12.3. The van der Waals surface area contributed by atoms with Crippen molar-refractivity contribution < 1.29 is 4.79 Å². The minimum Gasteiger partial charge on any atom is -0.337 e. The Balaban J connectivity index is 1.79. The zero-order chi connectivity index (χ0) is 13.6. The molecular weight excluding hydrogens is 238 g/mol. The minimum atomic E-state index is 0.164. The molecule has 0 aromatic carbocycles. The van der Waals surface area contributed by atoms with Gasteiger partial charge < -0.3 is 9.47 Å². The van der Waals surface area contributed by atoms with Crippen molar-refractivity contribution in [3.05, 3.63) is 24.0 Å². The second-order valence-electron chi connectivity index (χ2n) is 6.29. The van der Waals surface area contributed by atoms with E-state index in [1.807, 2.05) is 24.1 Å². The summed E-state index contributed by atoms with van der Waals surface area (Å²) in [6.07, 6.45) is 3.29. The van der Waals surface area contributed by atoms with Crippen molar-refractivity contribution in [2.75, 3.05) is 26.7 Å². The summed E-state index contributed by atoms with van der Waals surface area (Å²) in [7, 11) is 1.95. The van der Waals surface area contributed by atoms with Crippen LogP contribution in [0.25, 0.3) is 0 Å².